The van der Waals surface area contributed by atoms with Gasteiger partial charge in [-0.05, 0) is 37.6 Å². The van der Waals surface area contributed by atoms with Gasteiger partial charge in [0.1, 0.15) is 6.04 Å². The largest absolute Gasteiger partial charge is 0.324 e. The van der Waals surface area contributed by atoms with Crippen LogP contribution in [0, 0.1) is 6.92 Å². The fourth-order valence-electron chi connectivity index (χ4n) is 3.13. The summed E-state index contributed by atoms with van der Waals surface area (Å²) in [6, 6.07) is 13.3. The molecule has 2 aromatic carbocycles. The first-order chi connectivity index (χ1) is 12.5. The van der Waals surface area contributed by atoms with Crippen molar-refractivity contribution in [2.24, 2.45) is 0 Å². The predicted molar refractivity (Wildman–Crippen MR) is 100 cm³/mol. The van der Waals surface area contributed by atoms with Crippen molar-refractivity contribution in [3.05, 3.63) is 65.2 Å². The zero-order valence-corrected chi connectivity index (χ0v) is 15.0. The molecule has 1 atom stereocenters. The van der Waals surface area contributed by atoms with Crippen molar-refractivity contribution < 1.29 is 14.4 Å². The first-order valence-corrected chi connectivity index (χ1v) is 8.87. The Balaban J connectivity index is 1.86. The van der Waals surface area contributed by atoms with Crippen molar-refractivity contribution in [1.29, 1.82) is 0 Å². The van der Waals surface area contributed by atoms with E-state index < -0.39 is 17.9 Å². The number of fused-ring (bicyclic) bond motifs is 1. The first kappa shape index (κ1) is 17.9. The molecule has 0 aromatic heterocycles. The van der Waals surface area contributed by atoms with E-state index in [1.165, 1.54) is 0 Å². The van der Waals surface area contributed by atoms with E-state index in [1.807, 2.05) is 38.1 Å². The third kappa shape index (κ3) is 3.38. The van der Waals surface area contributed by atoms with Crippen LogP contribution < -0.4 is 5.32 Å². The van der Waals surface area contributed by atoms with Crippen molar-refractivity contribution >= 4 is 23.4 Å². The van der Waals surface area contributed by atoms with Crippen molar-refractivity contribution in [2.75, 3.05) is 5.32 Å². The second kappa shape index (κ2) is 7.52. The SMILES string of the molecule is CCCCC(C(=O)Nc1ccc(C)cc1)N1C(=O)c2ccccc2C1=O. The average Bonchev–Trinajstić information content (AvgIpc) is 2.89. The molecule has 2 aromatic rings. The van der Waals surface area contributed by atoms with Crippen molar-refractivity contribution in [1.82, 2.24) is 4.90 Å². The lowest BCUT2D eigenvalue weighted by Gasteiger charge is -2.25. The van der Waals surface area contributed by atoms with Crippen LogP contribution in [-0.2, 0) is 4.79 Å². The van der Waals surface area contributed by atoms with E-state index in [0.29, 0.717) is 23.2 Å². The quantitative estimate of drug-likeness (QED) is 0.806. The van der Waals surface area contributed by atoms with Crippen LogP contribution in [0.1, 0.15) is 52.5 Å². The lowest BCUT2D eigenvalue weighted by atomic mass is 10.1. The summed E-state index contributed by atoms with van der Waals surface area (Å²) in [6.07, 6.45) is 2.07. The second-order valence-corrected chi connectivity index (χ2v) is 6.54. The number of amides is 3. The Kier molecular flexibility index (Phi) is 5.16. The lowest BCUT2D eigenvalue weighted by molar-refractivity contribution is -0.120. The number of rotatable bonds is 6. The number of benzene rings is 2. The highest BCUT2D eigenvalue weighted by atomic mass is 16.2. The van der Waals surface area contributed by atoms with Gasteiger partial charge in [0.2, 0.25) is 5.91 Å². The zero-order chi connectivity index (χ0) is 18.7. The molecule has 0 saturated heterocycles. The van der Waals surface area contributed by atoms with Gasteiger partial charge in [-0.1, -0.05) is 49.6 Å². The highest BCUT2D eigenvalue weighted by molar-refractivity contribution is 6.23. The molecular formula is C21H22N2O3. The molecule has 1 heterocycles. The molecule has 0 saturated carbocycles. The van der Waals surface area contributed by atoms with Crippen LogP contribution in [0.25, 0.3) is 0 Å². The number of hydrogen-bond donors (Lipinski definition) is 1. The number of anilines is 1. The van der Waals surface area contributed by atoms with Crippen LogP contribution in [0.5, 0.6) is 0 Å². The average molecular weight is 350 g/mol. The van der Waals surface area contributed by atoms with Gasteiger partial charge >= 0.3 is 0 Å². The summed E-state index contributed by atoms with van der Waals surface area (Å²) in [5, 5.41) is 2.84. The Morgan fingerprint density at radius 2 is 1.58 bits per heavy atom. The highest BCUT2D eigenvalue weighted by Gasteiger charge is 2.42. The van der Waals surface area contributed by atoms with Crippen LogP contribution in [0.2, 0.25) is 0 Å². The van der Waals surface area contributed by atoms with Crippen LogP contribution in [0.15, 0.2) is 48.5 Å². The van der Waals surface area contributed by atoms with Crippen LogP contribution in [0.4, 0.5) is 5.69 Å². The monoisotopic (exact) mass is 350 g/mol. The molecule has 0 fully saturated rings. The van der Waals surface area contributed by atoms with Gasteiger partial charge in [-0.15, -0.1) is 0 Å². The maximum absolute atomic E-state index is 12.9. The molecule has 0 aliphatic carbocycles. The molecule has 3 amide bonds. The Labute approximate surface area is 153 Å². The van der Waals surface area contributed by atoms with E-state index in [9.17, 15) is 14.4 Å². The van der Waals surface area contributed by atoms with E-state index in [0.717, 1.165) is 23.3 Å². The normalized spacial score (nSPS) is 14.3. The van der Waals surface area contributed by atoms with E-state index in [-0.39, 0.29) is 5.91 Å². The maximum atomic E-state index is 12.9. The van der Waals surface area contributed by atoms with Crippen molar-refractivity contribution in [2.45, 2.75) is 39.2 Å². The third-order valence-corrected chi connectivity index (χ3v) is 4.59. The summed E-state index contributed by atoms with van der Waals surface area (Å²) in [5.41, 5.74) is 2.47. The number of imide groups is 1. The summed E-state index contributed by atoms with van der Waals surface area (Å²) < 4.78 is 0. The third-order valence-electron chi connectivity index (χ3n) is 4.59. The van der Waals surface area contributed by atoms with E-state index in [1.54, 1.807) is 24.3 Å². The van der Waals surface area contributed by atoms with Crippen LogP contribution >= 0.6 is 0 Å². The number of carbonyl (C=O) groups excluding carboxylic acids is 3. The van der Waals surface area contributed by atoms with Gasteiger partial charge in [0.15, 0.2) is 0 Å². The number of unbranched alkanes of at least 4 members (excludes halogenated alkanes) is 1. The smallest absolute Gasteiger partial charge is 0.262 e. The van der Waals surface area contributed by atoms with E-state index in [4.69, 9.17) is 0 Å². The van der Waals surface area contributed by atoms with Gasteiger partial charge in [-0.25, -0.2) is 0 Å². The Morgan fingerprint density at radius 1 is 1.00 bits per heavy atom. The molecule has 5 heteroatoms. The van der Waals surface area contributed by atoms with Gasteiger partial charge in [-0.3, -0.25) is 19.3 Å². The molecule has 134 valence electrons. The van der Waals surface area contributed by atoms with Crippen molar-refractivity contribution in [3.8, 4) is 0 Å². The van der Waals surface area contributed by atoms with Crippen LogP contribution in [0.3, 0.4) is 0 Å². The van der Waals surface area contributed by atoms with Crippen molar-refractivity contribution in [3.63, 3.8) is 0 Å². The molecule has 3 rings (SSSR count). The standard InChI is InChI=1S/C21H22N2O3/c1-3-4-9-18(19(24)22-15-12-10-14(2)11-13-15)23-20(25)16-7-5-6-8-17(16)21(23)26/h5-8,10-13,18H,3-4,9H2,1-2H3,(H,22,24). The minimum atomic E-state index is -0.816. The number of hydrogen-bond acceptors (Lipinski definition) is 3. The first-order valence-electron chi connectivity index (χ1n) is 8.87. The zero-order valence-electron chi connectivity index (χ0n) is 15.0. The van der Waals surface area contributed by atoms with Crippen LogP contribution in [-0.4, -0.2) is 28.7 Å². The Morgan fingerprint density at radius 3 is 2.12 bits per heavy atom. The summed E-state index contributed by atoms with van der Waals surface area (Å²) in [7, 11) is 0. The molecule has 26 heavy (non-hydrogen) atoms. The summed E-state index contributed by atoms with van der Waals surface area (Å²) in [4.78, 5) is 39.5. The number of aryl methyl sites for hydroxylation is 1. The number of nitrogens with one attached hydrogen (secondary N) is 1. The summed E-state index contributed by atoms with van der Waals surface area (Å²) in [6.45, 7) is 3.98. The van der Waals surface area contributed by atoms with Gasteiger partial charge in [0.05, 0.1) is 11.1 Å². The Hall–Kier alpha value is -2.95. The molecule has 1 N–H and O–H groups in total. The molecular weight excluding hydrogens is 328 g/mol. The molecule has 0 bridgehead atoms. The molecule has 0 spiro atoms. The van der Waals surface area contributed by atoms with Gasteiger partial charge in [0.25, 0.3) is 11.8 Å². The minimum Gasteiger partial charge on any atom is -0.324 e. The highest BCUT2D eigenvalue weighted by Crippen LogP contribution is 2.27. The molecule has 1 unspecified atom stereocenters. The fourth-order valence-corrected chi connectivity index (χ4v) is 3.13. The van der Waals surface area contributed by atoms with E-state index >= 15 is 0 Å². The fraction of sp³-hybridized carbons (Fsp3) is 0.286. The summed E-state index contributed by atoms with van der Waals surface area (Å²) in [5.74, 6) is -1.13. The topological polar surface area (TPSA) is 66.5 Å². The van der Waals surface area contributed by atoms with Gasteiger partial charge < -0.3 is 5.32 Å². The minimum absolute atomic E-state index is 0.336. The molecule has 1 aliphatic rings. The Bertz CT molecular complexity index is 808. The molecule has 5 nitrogen and oxygen atoms in total. The maximum Gasteiger partial charge on any atom is 0.262 e. The number of carbonyl (C=O) groups is 3. The van der Waals surface area contributed by atoms with Gasteiger partial charge in [0, 0.05) is 5.69 Å². The second-order valence-electron chi connectivity index (χ2n) is 6.54. The molecule has 0 radical (unpaired) electrons. The predicted octanol–water partition coefficient (Wildman–Crippen LogP) is 3.79. The molecule has 1 aliphatic heterocycles. The number of nitrogens with zero attached hydrogens (tertiary/aromatic N) is 1. The van der Waals surface area contributed by atoms with Gasteiger partial charge in [-0.2, -0.15) is 0 Å². The lowest BCUT2D eigenvalue weighted by Crippen LogP contribution is -2.47. The summed E-state index contributed by atoms with van der Waals surface area (Å²) >= 11 is 0. The van der Waals surface area contributed by atoms with E-state index in [2.05, 4.69) is 5.32 Å².